The van der Waals surface area contributed by atoms with Gasteiger partial charge in [0.05, 0.1) is 6.42 Å². The molecule has 0 amide bonds. The second kappa shape index (κ2) is 13.3. The van der Waals surface area contributed by atoms with Crippen LogP contribution >= 0.6 is 23.2 Å². The first-order chi connectivity index (χ1) is 16.5. The van der Waals surface area contributed by atoms with Crippen LogP contribution in [-0.2, 0) is 23.9 Å². The van der Waals surface area contributed by atoms with Crippen LogP contribution in [0, 0.1) is 26.6 Å². The molecule has 0 bridgehead atoms. The van der Waals surface area contributed by atoms with Crippen LogP contribution in [0.15, 0.2) is 36.4 Å². The summed E-state index contributed by atoms with van der Waals surface area (Å²) in [6, 6.07) is 9.20. The molecule has 6 nitrogen and oxygen atoms in total. The number of halogens is 3. The second-order valence-electron chi connectivity index (χ2n) is 8.06. The van der Waals surface area contributed by atoms with Crippen molar-refractivity contribution in [2.75, 3.05) is 11.8 Å². The Bertz CT molecular complexity index is 1090. The van der Waals surface area contributed by atoms with Crippen LogP contribution in [0.1, 0.15) is 35.1 Å². The predicted octanol–water partition coefficient (Wildman–Crippen LogP) is 5.60. The van der Waals surface area contributed by atoms with E-state index in [0.717, 1.165) is 22.3 Å². The molecule has 0 aromatic heterocycles. The van der Waals surface area contributed by atoms with Gasteiger partial charge in [0.25, 0.3) is 0 Å². The smallest absolute Gasteiger partial charge is 0.321 e. The summed E-state index contributed by atoms with van der Waals surface area (Å²) in [5, 5.41) is 9.18. The molecule has 0 aliphatic heterocycles. The molecular formula is C26H27Cl2FO6. The largest absolute Gasteiger partial charge is 0.481 e. The molecule has 188 valence electrons. The number of hydrogen-bond acceptors (Lipinski definition) is 5. The molecule has 0 aliphatic carbocycles. The van der Waals surface area contributed by atoms with E-state index in [9.17, 15) is 23.9 Å². The molecule has 0 spiro atoms. The third kappa shape index (κ3) is 8.37. The minimum atomic E-state index is -1.19. The van der Waals surface area contributed by atoms with E-state index in [1.165, 1.54) is 0 Å². The Hall–Kier alpha value is -2.90. The lowest BCUT2D eigenvalue weighted by Gasteiger charge is -2.21. The summed E-state index contributed by atoms with van der Waals surface area (Å²) >= 11 is 11.1. The normalized spacial score (nSPS) is 12.9. The van der Waals surface area contributed by atoms with Crippen LogP contribution < -0.4 is 0 Å². The van der Waals surface area contributed by atoms with Gasteiger partial charge in [-0.2, -0.15) is 0 Å². The number of rotatable bonds is 11. The topological polar surface area (TPSA) is 89.9 Å². The average molecular weight is 525 g/mol. The quantitative estimate of drug-likeness (QED) is 0.304. The van der Waals surface area contributed by atoms with Crippen molar-refractivity contribution in [1.29, 1.82) is 0 Å². The van der Waals surface area contributed by atoms with Crippen LogP contribution in [0.5, 0.6) is 0 Å². The second-order valence-corrected chi connectivity index (χ2v) is 8.59. The van der Waals surface area contributed by atoms with Crippen molar-refractivity contribution in [3.63, 3.8) is 0 Å². The molecule has 0 heterocycles. The number of esters is 2. The molecule has 2 aromatic rings. The monoisotopic (exact) mass is 524 g/mol. The Labute approximate surface area is 213 Å². The third-order valence-corrected chi connectivity index (χ3v) is 5.68. The zero-order valence-corrected chi connectivity index (χ0v) is 21.2. The number of hydrogen-bond donors (Lipinski definition) is 1. The van der Waals surface area contributed by atoms with Gasteiger partial charge in [0.15, 0.2) is 0 Å². The summed E-state index contributed by atoms with van der Waals surface area (Å²) in [7, 11) is 0. The average Bonchev–Trinajstić information content (AvgIpc) is 2.80. The van der Waals surface area contributed by atoms with E-state index in [4.69, 9.17) is 32.7 Å². The Balaban J connectivity index is 2.45. The molecule has 2 rings (SSSR count). The highest BCUT2D eigenvalue weighted by molar-refractivity contribution is 6.26. The molecule has 0 radical (unpaired) electrons. The van der Waals surface area contributed by atoms with E-state index in [1.807, 2.05) is 25.1 Å². The SMILES string of the molecule is Cc1cc(-c2cccc(C)c2C=C[C@H](C[C@H](CC(=O)O)OC(=O)CCl)OC(=O)CCl)cc(C)c1F. The molecule has 2 aromatic carbocycles. The highest BCUT2D eigenvalue weighted by atomic mass is 35.5. The third-order valence-electron chi connectivity index (χ3n) is 5.25. The van der Waals surface area contributed by atoms with Crippen molar-refractivity contribution in [3.8, 4) is 11.1 Å². The maximum absolute atomic E-state index is 14.2. The van der Waals surface area contributed by atoms with Crippen LogP contribution in [0.25, 0.3) is 17.2 Å². The van der Waals surface area contributed by atoms with Crippen molar-refractivity contribution in [3.05, 3.63) is 64.5 Å². The summed E-state index contributed by atoms with van der Waals surface area (Å²) in [4.78, 5) is 34.8. The van der Waals surface area contributed by atoms with Crippen molar-refractivity contribution in [2.24, 2.45) is 0 Å². The molecule has 0 saturated heterocycles. The fourth-order valence-electron chi connectivity index (χ4n) is 3.67. The van der Waals surface area contributed by atoms with Crippen LogP contribution in [0.4, 0.5) is 4.39 Å². The first-order valence-corrected chi connectivity index (χ1v) is 11.9. The van der Waals surface area contributed by atoms with Crippen LogP contribution in [0.3, 0.4) is 0 Å². The lowest BCUT2D eigenvalue weighted by molar-refractivity contribution is -0.153. The van der Waals surface area contributed by atoms with Gasteiger partial charge in [0.1, 0.15) is 29.8 Å². The van der Waals surface area contributed by atoms with Gasteiger partial charge >= 0.3 is 17.9 Å². The zero-order valence-electron chi connectivity index (χ0n) is 19.6. The van der Waals surface area contributed by atoms with Crippen molar-refractivity contribution >= 4 is 47.2 Å². The van der Waals surface area contributed by atoms with Crippen molar-refractivity contribution in [2.45, 2.75) is 45.8 Å². The first kappa shape index (κ1) is 28.3. The van der Waals surface area contributed by atoms with Crippen molar-refractivity contribution < 1.29 is 33.4 Å². The molecule has 35 heavy (non-hydrogen) atoms. The molecule has 0 saturated carbocycles. The number of carbonyl (C=O) groups excluding carboxylic acids is 2. The number of ether oxygens (including phenoxy) is 2. The highest BCUT2D eigenvalue weighted by Crippen LogP contribution is 2.30. The van der Waals surface area contributed by atoms with E-state index in [0.29, 0.717) is 11.1 Å². The molecule has 0 unspecified atom stereocenters. The minimum absolute atomic E-state index is 0.107. The van der Waals surface area contributed by atoms with E-state index >= 15 is 0 Å². The Kier molecular flexibility index (Phi) is 10.7. The summed E-state index contributed by atoms with van der Waals surface area (Å²) in [5.41, 5.74) is 4.41. The molecule has 9 heteroatoms. The lowest BCUT2D eigenvalue weighted by atomic mass is 9.93. The Morgan fingerprint density at radius 2 is 1.60 bits per heavy atom. The molecule has 0 fully saturated rings. The molecular weight excluding hydrogens is 498 g/mol. The number of carboxylic acid groups (broad SMARTS) is 1. The predicted molar refractivity (Wildman–Crippen MR) is 133 cm³/mol. The van der Waals surface area contributed by atoms with E-state index in [-0.39, 0.29) is 12.2 Å². The number of carboxylic acids is 1. The van der Waals surface area contributed by atoms with Crippen molar-refractivity contribution in [1.82, 2.24) is 0 Å². The van der Waals surface area contributed by atoms with Gasteiger partial charge in [-0.25, -0.2) is 4.39 Å². The molecule has 1 N–H and O–H groups in total. The number of benzene rings is 2. The first-order valence-electron chi connectivity index (χ1n) is 10.8. The maximum Gasteiger partial charge on any atom is 0.321 e. The zero-order chi connectivity index (χ0) is 26.1. The Morgan fingerprint density at radius 1 is 1.00 bits per heavy atom. The number of carbonyl (C=O) groups is 3. The summed E-state index contributed by atoms with van der Waals surface area (Å²) < 4.78 is 24.7. The van der Waals surface area contributed by atoms with Gasteiger partial charge in [-0.3, -0.25) is 14.4 Å². The van der Waals surface area contributed by atoms with Crippen LogP contribution in [-0.4, -0.2) is 47.0 Å². The number of aryl methyl sites for hydroxylation is 3. The van der Waals surface area contributed by atoms with Gasteiger partial charge in [0.2, 0.25) is 0 Å². The summed E-state index contributed by atoms with van der Waals surface area (Å²) in [6.45, 7) is 5.30. The van der Waals surface area contributed by atoms with Gasteiger partial charge in [-0.15, -0.1) is 23.2 Å². The standard InChI is InChI=1S/C26H27Cl2FO6/c1-15-5-4-6-22(18-9-16(2)26(29)17(3)10-18)21(15)8-7-19(34-24(32)13-27)11-20(12-23(30)31)35-25(33)14-28/h4-10,19-20H,11-14H2,1-3H3,(H,30,31)/t19-,20-/m1/s1. The minimum Gasteiger partial charge on any atom is -0.481 e. The fourth-order valence-corrected chi connectivity index (χ4v) is 3.80. The van der Waals surface area contributed by atoms with E-state index < -0.39 is 48.3 Å². The number of aliphatic carboxylic acids is 1. The maximum atomic E-state index is 14.2. The van der Waals surface area contributed by atoms with E-state index in [1.54, 1.807) is 38.1 Å². The van der Waals surface area contributed by atoms with Gasteiger partial charge < -0.3 is 14.6 Å². The molecule has 0 aliphatic rings. The van der Waals surface area contributed by atoms with E-state index in [2.05, 4.69) is 0 Å². The highest BCUT2D eigenvalue weighted by Gasteiger charge is 2.24. The van der Waals surface area contributed by atoms with Gasteiger partial charge in [-0.05, 0) is 72.4 Å². The fraction of sp³-hybridized carbons (Fsp3) is 0.346. The van der Waals surface area contributed by atoms with Gasteiger partial charge in [0, 0.05) is 6.42 Å². The summed E-state index contributed by atoms with van der Waals surface area (Å²) in [5.74, 6) is -3.80. The summed E-state index contributed by atoms with van der Waals surface area (Å²) in [6.07, 6.45) is 0.724. The Morgan fingerprint density at radius 3 is 2.17 bits per heavy atom. The van der Waals surface area contributed by atoms with Gasteiger partial charge in [-0.1, -0.05) is 24.3 Å². The number of alkyl halides is 2. The molecule has 2 atom stereocenters. The van der Waals surface area contributed by atoms with Crippen LogP contribution in [0.2, 0.25) is 0 Å². The lowest BCUT2D eigenvalue weighted by Crippen LogP contribution is -2.29.